The van der Waals surface area contributed by atoms with Gasteiger partial charge in [0.15, 0.2) is 0 Å². The van der Waals surface area contributed by atoms with Gasteiger partial charge < -0.3 is 10.2 Å². The predicted molar refractivity (Wildman–Crippen MR) is 67.1 cm³/mol. The average Bonchev–Trinajstić information content (AvgIpc) is 2.31. The molecule has 0 atom stereocenters. The second-order valence-electron chi connectivity index (χ2n) is 3.89. The van der Waals surface area contributed by atoms with Crippen LogP contribution in [0.25, 0.3) is 0 Å². The molecule has 0 aromatic carbocycles. The molecular formula is C11H17N3OS. The molecule has 0 aliphatic carbocycles. The van der Waals surface area contributed by atoms with Gasteiger partial charge in [0.2, 0.25) is 0 Å². The number of hydrogen-bond donors (Lipinski definition) is 1. The maximum Gasteiger partial charge on any atom is 0.128 e. The lowest BCUT2D eigenvalue weighted by Gasteiger charge is -2.27. The largest absolute Gasteiger partial charge is 0.355 e. The van der Waals surface area contributed by atoms with E-state index in [2.05, 4.69) is 21.3 Å². The minimum atomic E-state index is -0.625. The van der Waals surface area contributed by atoms with Crippen LogP contribution in [0.15, 0.2) is 18.3 Å². The van der Waals surface area contributed by atoms with Gasteiger partial charge in [-0.05, 0) is 24.7 Å². The van der Waals surface area contributed by atoms with Gasteiger partial charge in [-0.1, -0.05) is 0 Å². The standard InChI is InChI=1S/C11H17N3OS/c1-12-9-10-2-3-13-11(8-10)14-4-6-16(15)7-5-14/h2-3,8,12H,4-7,9H2,1H3. The lowest BCUT2D eigenvalue weighted by Crippen LogP contribution is -2.38. The molecule has 1 aromatic heterocycles. The molecule has 0 saturated carbocycles. The molecule has 2 rings (SSSR count). The van der Waals surface area contributed by atoms with E-state index in [1.54, 1.807) is 0 Å². The van der Waals surface area contributed by atoms with Gasteiger partial charge in [0.05, 0.1) is 0 Å². The molecule has 1 fully saturated rings. The highest BCUT2D eigenvalue weighted by Gasteiger charge is 2.16. The zero-order chi connectivity index (χ0) is 11.4. The topological polar surface area (TPSA) is 45.2 Å². The molecular weight excluding hydrogens is 222 g/mol. The average molecular weight is 239 g/mol. The van der Waals surface area contributed by atoms with Gasteiger partial charge in [-0.2, -0.15) is 0 Å². The van der Waals surface area contributed by atoms with Crippen molar-refractivity contribution in [2.24, 2.45) is 0 Å². The van der Waals surface area contributed by atoms with E-state index < -0.39 is 10.8 Å². The lowest BCUT2D eigenvalue weighted by atomic mass is 10.2. The number of anilines is 1. The van der Waals surface area contributed by atoms with Gasteiger partial charge in [0, 0.05) is 48.1 Å². The Morgan fingerprint density at radius 2 is 2.25 bits per heavy atom. The van der Waals surface area contributed by atoms with Crippen LogP contribution in [0.3, 0.4) is 0 Å². The molecule has 5 heteroatoms. The van der Waals surface area contributed by atoms with Crippen LogP contribution in [0.1, 0.15) is 5.56 Å². The third-order valence-electron chi connectivity index (χ3n) is 2.69. The molecule has 2 heterocycles. The summed E-state index contributed by atoms with van der Waals surface area (Å²) in [6.45, 7) is 2.56. The summed E-state index contributed by atoms with van der Waals surface area (Å²) in [6.07, 6.45) is 1.84. The van der Waals surface area contributed by atoms with Crippen LogP contribution in [0, 0.1) is 0 Å². The fraction of sp³-hybridized carbons (Fsp3) is 0.545. The van der Waals surface area contributed by atoms with Crippen LogP contribution in [0.4, 0.5) is 5.82 Å². The molecule has 0 unspecified atom stereocenters. The Labute approximate surface area is 98.5 Å². The second-order valence-corrected chi connectivity index (χ2v) is 5.58. The van der Waals surface area contributed by atoms with Crippen molar-refractivity contribution in [3.8, 4) is 0 Å². The van der Waals surface area contributed by atoms with Gasteiger partial charge in [-0.3, -0.25) is 4.21 Å². The van der Waals surface area contributed by atoms with Gasteiger partial charge >= 0.3 is 0 Å². The summed E-state index contributed by atoms with van der Waals surface area (Å²) in [7, 11) is 1.31. The SMILES string of the molecule is CNCc1ccnc(N2CCS(=O)CC2)c1. The third kappa shape index (κ3) is 2.80. The summed E-state index contributed by atoms with van der Waals surface area (Å²) in [5.74, 6) is 2.53. The molecule has 0 amide bonds. The summed E-state index contributed by atoms with van der Waals surface area (Å²) in [5.41, 5.74) is 1.24. The van der Waals surface area contributed by atoms with Crippen LogP contribution >= 0.6 is 0 Å². The summed E-state index contributed by atoms with van der Waals surface area (Å²) >= 11 is 0. The molecule has 4 nitrogen and oxygen atoms in total. The highest BCUT2D eigenvalue weighted by Crippen LogP contribution is 2.14. The number of nitrogens with one attached hydrogen (secondary N) is 1. The Morgan fingerprint density at radius 3 is 2.94 bits per heavy atom. The van der Waals surface area contributed by atoms with E-state index in [-0.39, 0.29) is 0 Å². The minimum Gasteiger partial charge on any atom is -0.355 e. The monoisotopic (exact) mass is 239 g/mol. The van der Waals surface area contributed by atoms with Gasteiger partial charge in [0.25, 0.3) is 0 Å². The predicted octanol–water partition coefficient (Wildman–Crippen LogP) is 0.370. The highest BCUT2D eigenvalue weighted by atomic mass is 32.2. The summed E-state index contributed by atoms with van der Waals surface area (Å²) in [5, 5.41) is 3.13. The summed E-state index contributed by atoms with van der Waals surface area (Å²) in [6, 6.07) is 4.12. The molecule has 1 aromatic rings. The van der Waals surface area contributed by atoms with E-state index in [9.17, 15) is 4.21 Å². The smallest absolute Gasteiger partial charge is 0.128 e. The zero-order valence-electron chi connectivity index (χ0n) is 9.48. The molecule has 88 valence electrons. The quantitative estimate of drug-likeness (QED) is 0.828. The number of rotatable bonds is 3. The van der Waals surface area contributed by atoms with Crippen molar-refractivity contribution in [1.29, 1.82) is 0 Å². The van der Waals surface area contributed by atoms with Crippen molar-refractivity contribution in [3.05, 3.63) is 23.9 Å². The van der Waals surface area contributed by atoms with Gasteiger partial charge in [-0.25, -0.2) is 4.98 Å². The Bertz CT molecular complexity index is 373. The molecule has 0 radical (unpaired) electrons. The molecule has 16 heavy (non-hydrogen) atoms. The van der Waals surface area contributed by atoms with Crippen LogP contribution < -0.4 is 10.2 Å². The van der Waals surface area contributed by atoms with Crippen molar-refractivity contribution in [2.45, 2.75) is 6.54 Å². The summed E-state index contributed by atoms with van der Waals surface area (Å²) in [4.78, 5) is 6.58. The maximum atomic E-state index is 11.3. The maximum absolute atomic E-state index is 11.3. The first-order chi connectivity index (χ1) is 7.79. The Balaban J connectivity index is 2.08. The van der Waals surface area contributed by atoms with E-state index in [1.807, 2.05) is 19.3 Å². The first kappa shape index (κ1) is 11.5. The fourth-order valence-electron chi connectivity index (χ4n) is 1.81. The Kier molecular flexibility index (Phi) is 3.90. The van der Waals surface area contributed by atoms with Crippen molar-refractivity contribution in [3.63, 3.8) is 0 Å². The van der Waals surface area contributed by atoms with E-state index in [1.165, 1.54) is 5.56 Å². The second kappa shape index (κ2) is 5.41. The van der Waals surface area contributed by atoms with Crippen molar-refractivity contribution >= 4 is 16.6 Å². The zero-order valence-corrected chi connectivity index (χ0v) is 10.3. The van der Waals surface area contributed by atoms with Crippen molar-refractivity contribution in [1.82, 2.24) is 10.3 Å². The van der Waals surface area contributed by atoms with E-state index in [4.69, 9.17) is 0 Å². The first-order valence-corrected chi connectivity index (χ1v) is 6.98. The van der Waals surface area contributed by atoms with Crippen LogP contribution in [0.2, 0.25) is 0 Å². The number of hydrogen-bond acceptors (Lipinski definition) is 4. The van der Waals surface area contributed by atoms with Crippen molar-refractivity contribution in [2.75, 3.05) is 36.5 Å². The number of pyridine rings is 1. The molecule has 1 N–H and O–H groups in total. The minimum absolute atomic E-state index is 0.625. The number of nitrogens with zero attached hydrogens (tertiary/aromatic N) is 2. The molecule has 1 aliphatic rings. The van der Waals surface area contributed by atoms with Crippen LogP contribution in [-0.4, -0.2) is 40.8 Å². The molecule has 1 saturated heterocycles. The fourth-order valence-corrected chi connectivity index (χ4v) is 2.87. The first-order valence-electron chi connectivity index (χ1n) is 5.49. The normalized spacial score (nSPS) is 17.7. The third-order valence-corrected chi connectivity index (χ3v) is 3.97. The van der Waals surface area contributed by atoms with E-state index in [0.717, 1.165) is 37.0 Å². The summed E-state index contributed by atoms with van der Waals surface area (Å²) < 4.78 is 11.3. The lowest BCUT2D eigenvalue weighted by molar-refractivity contribution is 0.672. The van der Waals surface area contributed by atoms with Crippen LogP contribution in [-0.2, 0) is 17.3 Å². The van der Waals surface area contributed by atoms with Crippen molar-refractivity contribution < 1.29 is 4.21 Å². The Morgan fingerprint density at radius 1 is 1.50 bits per heavy atom. The molecule has 0 bridgehead atoms. The van der Waals surface area contributed by atoms with E-state index in [0.29, 0.717) is 0 Å². The molecule has 1 aliphatic heterocycles. The Hall–Kier alpha value is -0.940. The van der Waals surface area contributed by atoms with Gasteiger partial charge in [-0.15, -0.1) is 0 Å². The van der Waals surface area contributed by atoms with Crippen LogP contribution in [0.5, 0.6) is 0 Å². The van der Waals surface area contributed by atoms with E-state index >= 15 is 0 Å². The highest BCUT2D eigenvalue weighted by molar-refractivity contribution is 7.85. The number of aromatic nitrogens is 1. The van der Waals surface area contributed by atoms with Gasteiger partial charge in [0.1, 0.15) is 5.82 Å². The molecule has 0 spiro atoms.